The van der Waals surface area contributed by atoms with Crippen LogP contribution in [0.3, 0.4) is 0 Å². The van der Waals surface area contributed by atoms with Crippen LogP contribution >= 0.6 is 0 Å². The average Bonchev–Trinajstić information content (AvgIpc) is 3.18. The maximum atomic E-state index is 14.8. The normalized spacial score (nSPS) is 23.8. The van der Waals surface area contributed by atoms with Gasteiger partial charge in [-0.1, -0.05) is 12.1 Å². The van der Waals surface area contributed by atoms with Crippen LogP contribution < -0.4 is 5.46 Å². The summed E-state index contributed by atoms with van der Waals surface area (Å²) >= 11 is 0. The van der Waals surface area contributed by atoms with Gasteiger partial charge in [0, 0.05) is 5.46 Å². The highest BCUT2D eigenvalue weighted by Crippen LogP contribution is 2.38. The molecule has 1 aromatic carbocycles. The standard InChI is InChI=1S/C15H20BFO4S/c1-14(2)15(3,4)21-16(20-14)11-6-5-7-12(13(11)17)22(18,19)10-8-9-10/h5-7,10H,8-9H2,1-4H3. The van der Waals surface area contributed by atoms with Crippen LogP contribution in [-0.2, 0) is 19.1 Å². The lowest BCUT2D eigenvalue weighted by molar-refractivity contribution is 0.00578. The highest BCUT2D eigenvalue weighted by atomic mass is 32.2. The zero-order valence-corrected chi connectivity index (χ0v) is 14.0. The van der Waals surface area contributed by atoms with Crippen molar-refractivity contribution in [2.75, 3.05) is 0 Å². The molecule has 1 aliphatic carbocycles. The van der Waals surface area contributed by atoms with E-state index in [2.05, 4.69) is 0 Å². The zero-order chi connectivity index (χ0) is 16.3. The molecule has 1 saturated heterocycles. The Hall–Kier alpha value is -0.915. The van der Waals surface area contributed by atoms with Gasteiger partial charge in [-0.05, 0) is 46.6 Å². The predicted octanol–water partition coefficient (Wildman–Crippen LogP) is 2.06. The van der Waals surface area contributed by atoms with Crippen molar-refractivity contribution >= 4 is 22.4 Å². The van der Waals surface area contributed by atoms with Crippen LogP contribution in [0.1, 0.15) is 40.5 Å². The Morgan fingerprint density at radius 3 is 2.18 bits per heavy atom. The summed E-state index contributed by atoms with van der Waals surface area (Å²) < 4.78 is 51.0. The lowest BCUT2D eigenvalue weighted by atomic mass is 9.79. The topological polar surface area (TPSA) is 52.6 Å². The third kappa shape index (κ3) is 2.39. The van der Waals surface area contributed by atoms with Gasteiger partial charge in [0.15, 0.2) is 9.84 Å². The molecule has 1 saturated carbocycles. The van der Waals surface area contributed by atoms with E-state index in [0.29, 0.717) is 12.8 Å². The van der Waals surface area contributed by atoms with Gasteiger partial charge in [-0.15, -0.1) is 0 Å². The minimum Gasteiger partial charge on any atom is -0.399 e. The summed E-state index contributed by atoms with van der Waals surface area (Å²) in [5, 5.41) is -0.449. The SMILES string of the molecule is CC1(C)OB(c2cccc(S(=O)(=O)C3CC3)c2F)OC1(C)C. The van der Waals surface area contributed by atoms with Crippen LogP contribution in [0.5, 0.6) is 0 Å². The van der Waals surface area contributed by atoms with E-state index in [-0.39, 0.29) is 10.4 Å². The van der Waals surface area contributed by atoms with Crippen molar-refractivity contribution < 1.29 is 22.1 Å². The Labute approximate surface area is 131 Å². The van der Waals surface area contributed by atoms with Crippen molar-refractivity contribution in [1.82, 2.24) is 0 Å². The molecule has 0 amide bonds. The largest absolute Gasteiger partial charge is 0.497 e. The monoisotopic (exact) mass is 326 g/mol. The van der Waals surface area contributed by atoms with Crippen LogP contribution in [0.15, 0.2) is 23.1 Å². The van der Waals surface area contributed by atoms with Crippen molar-refractivity contribution in [3.8, 4) is 0 Å². The zero-order valence-electron chi connectivity index (χ0n) is 13.2. The van der Waals surface area contributed by atoms with Gasteiger partial charge in [0.2, 0.25) is 0 Å². The van der Waals surface area contributed by atoms with E-state index < -0.39 is 39.2 Å². The van der Waals surface area contributed by atoms with Gasteiger partial charge in [-0.25, -0.2) is 12.8 Å². The Balaban J connectivity index is 2.00. The first-order valence-corrected chi connectivity index (χ1v) is 8.99. The fourth-order valence-electron chi connectivity index (χ4n) is 2.46. The Morgan fingerprint density at radius 1 is 1.14 bits per heavy atom. The van der Waals surface area contributed by atoms with E-state index >= 15 is 0 Å². The molecule has 2 fully saturated rings. The minimum atomic E-state index is -3.59. The van der Waals surface area contributed by atoms with Gasteiger partial charge in [0.25, 0.3) is 0 Å². The van der Waals surface area contributed by atoms with Gasteiger partial charge in [0.05, 0.1) is 16.5 Å². The summed E-state index contributed by atoms with van der Waals surface area (Å²) in [7, 11) is -4.50. The third-order valence-electron chi connectivity index (χ3n) is 4.77. The second-order valence-electron chi connectivity index (χ2n) is 6.99. The van der Waals surface area contributed by atoms with E-state index in [1.165, 1.54) is 12.1 Å². The summed E-state index contributed by atoms with van der Waals surface area (Å²) in [6.07, 6.45) is 1.20. The van der Waals surface area contributed by atoms with Crippen LogP contribution in [0.4, 0.5) is 4.39 Å². The van der Waals surface area contributed by atoms with Crippen molar-refractivity contribution in [1.29, 1.82) is 0 Å². The molecular formula is C15H20BFO4S. The summed E-state index contributed by atoms with van der Waals surface area (Å²) in [5.41, 5.74) is -1.06. The fraction of sp³-hybridized carbons (Fsp3) is 0.600. The maximum absolute atomic E-state index is 14.8. The van der Waals surface area contributed by atoms with Crippen molar-refractivity contribution in [2.45, 2.75) is 61.9 Å². The van der Waals surface area contributed by atoms with Gasteiger partial charge < -0.3 is 9.31 Å². The van der Waals surface area contributed by atoms with Gasteiger partial charge in [0.1, 0.15) is 10.7 Å². The first-order chi connectivity index (χ1) is 10.1. The van der Waals surface area contributed by atoms with Crippen molar-refractivity contribution in [2.24, 2.45) is 0 Å². The fourth-order valence-corrected chi connectivity index (χ4v) is 4.21. The predicted molar refractivity (Wildman–Crippen MR) is 82.3 cm³/mol. The molecule has 1 aliphatic heterocycles. The number of benzene rings is 1. The van der Waals surface area contributed by atoms with Crippen LogP contribution in [0.25, 0.3) is 0 Å². The molecule has 1 aromatic rings. The van der Waals surface area contributed by atoms with Gasteiger partial charge >= 0.3 is 7.12 Å². The quantitative estimate of drug-likeness (QED) is 0.798. The van der Waals surface area contributed by atoms with E-state index in [1.54, 1.807) is 6.07 Å². The number of hydrogen-bond acceptors (Lipinski definition) is 4. The molecule has 7 heteroatoms. The van der Waals surface area contributed by atoms with Crippen LogP contribution in [-0.4, -0.2) is 32.0 Å². The highest BCUT2D eigenvalue weighted by molar-refractivity contribution is 7.92. The van der Waals surface area contributed by atoms with Crippen LogP contribution in [0.2, 0.25) is 0 Å². The minimum absolute atomic E-state index is 0.139. The molecule has 0 aromatic heterocycles. The Bertz CT molecular complexity index is 694. The molecule has 4 nitrogen and oxygen atoms in total. The van der Waals surface area contributed by atoms with Crippen molar-refractivity contribution in [3.63, 3.8) is 0 Å². The number of rotatable bonds is 3. The van der Waals surface area contributed by atoms with Crippen LogP contribution in [0, 0.1) is 5.82 Å². The number of sulfone groups is 1. The molecule has 0 N–H and O–H groups in total. The van der Waals surface area contributed by atoms with Crippen molar-refractivity contribution in [3.05, 3.63) is 24.0 Å². The van der Waals surface area contributed by atoms with Gasteiger partial charge in [-0.2, -0.15) is 0 Å². The van der Waals surface area contributed by atoms with E-state index in [9.17, 15) is 12.8 Å². The second kappa shape index (κ2) is 4.79. The average molecular weight is 326 g/mol. The summed E-state index contributed by atoms with van der Waals surface area (Å²) in [4.78, 5) is -0.248. The molecule has 0 radical (unpaired) electrons. The second-order valence-corrected chi connectivity index (χ2v) is 9.19. The molecule has 0 spiro atoms. The molecule has 120 valence electrons. The summed E-state index contributed by atoms with van der Waals surface area (Å²) in [6.45, 7) is 7.48. The van der Waals surface area contributed by atoms with E-state index in [1.807, 2.05) is 27.7 Å². The molecular weight excluding hydrogens is 306 g/mol. The Morgan fingerprint density at radius 2 is 1.68 bits per heavy atom. The first-order valence-electron chi connectivity index (χ1n) is 7.44. The van der Waals surface area contributed by atoms with Gasteiger partial charge in [-0.3, -0.25) is 0 Å². The maximum Gasteiger partial charge on any atom is 0.497 e. The smallest absolute Gasteiger partial charge is 0.399 e. The number of halogens is 1. The molecule has 0 unspecified atom stereocenters. The molecule has 2 aliphatic rings. The third-order valence-corrected chi connectivity index (χ3v) is 7.05. The lowest BCUT2D eigenvalue weighted by Crippen LogP contribution is -2.41. The molecule has 3 rings (SSSR count). The summed E-state index contributed by atoms with van der Waals surface area (Å²) in [5.74, 6) is -0.757. The highest BCUT2D eigenvalue weighted by Gasteiger charge is 2.53. The Kier molecular flexibility index (Phi) is 3.47. The molecule has 22 heavy (non-hydrogen) atoms. The lowest BCUT2D eigenvalue weighted by Gasteiger charge is -2.32. The molecule has 0 atom stereocenters. The van der Waals surface area contributed by atoms with E-state index in [0.717, 1.165) is 0 Å². The summed E-state index contributed by atoms with van der Waals surface area (Å²) in [6, 6.07) is 4.37. The van der Waals surface area contributed by atoms with E-state index in [4.69, 9.17) is 9.31 Å². The first kappa shape index (κ1) is 16.0. The number of hydrogen-bond donors (Lipinski definition) is 0. The molecule has 0 bridgehead atoms. The molecule has 1 heterocycles.